The molecule has 3 fully saturated rings. The summed E-state index contributed by atoms with van der Waals surface area (Å²) in [6.07, 6.45) is 16.3. The van der Waals surface area contributed by atoms with Gasteiger partial charge in [0.05, 0.1) is 0 Å². The van der Waals surface area contributed by atoms with Crippen LogP contribution in [0.25, 0.3) is 0 Å². The Bertz CT molecular complexity index is 688. The van der Waals surface area contributed by atoms with Crippen LogP contribution in [0, 0.1) is 40.9 Å². The van der Waals surface area contributed by atoms with E-state index >= 15 is 0 Å². The number of terminal acetylenes is 1. The first-order valence-corrected chi connectivity index (χ1v) is 10.3. The van der Waals surface area contributed by atoms with Crippen LogP contribution in [0.4, 0.5) is 0 Å². The lowest BCUT2D eigenvalue weighted by Gasteiger charge is -2.58. The summed E-state index contributed by atoms with van der Waals surface area (Å²) in [4.78, 5) is 11.3. The quantitative estimate of drug-likeness (QED) is 0.434. The van der Waals surface area contributed by atoms with Crippen molar-refractivity contribution in [3.63, 3.8) is 0 Å². The molecule has 26 heavy (non-hydrogen) atoms. The molecule has 3 nitrogen and oxygen atoms in total. The second-order valence-corrected chi connectivity index (χ2v) is 9.73. The van der Waals surface area contributed by atoms with Gasteiger partial charge in [0.2, 0.25) is 0 Å². The topological polar surface area (TPSA) is 46.5 Å². The number of hydrogen-bond acceptors (Lipinski definition) is 3. The van der Waals surface area contributed by atoms with Crippen LogP contribution < -0.4 is 0 Å². The van der Waals surface area contributed by atoms with Crippen molar-refractivity contribution in [2.75, 3.05) is 0 Å². The molecule has 4 rings (SSSR count). The highest BCUT2D eigenvalue weighted by atomic mass is 16.5. The minimum atomic E-state index is -0.930. The summed E-state index contributed by atoms with van der Waals surface area (Å²) in [5, 5.41) is 11.1. The number of fused-ring (bicyclic) bond motifs is 5. The van der Waals surface area contributed by atoms with E-state index < -0.39 is 5.60 Å². The zero-order chi connectivity index (χ0) is 18.7. The molecule has 0 aromatic rings. The Balaban J connectivity index is 1.61. The molecule has 0 unspecified atom stereocenters. The number of allylic oxidation sites excluding steroid dienone is 1. The van der Waals surface area contributed by atoms with Gasteiger partial charge in [0.15, 0.2) is 0 Å². The van der Waals surface area contributed by atoms with E-state index in [1.54, 1.807) is 0 Å². The fourth-order valence-electron chi connectivity index (χ4n) is 7.22. The molecule has 4 aliphatic carbocycles. The Labute approximate surface area is 157 Å². The van der Waals surface area contributed by atoms with Crippen molar-refractivity contribution in [1.29, 1.82) is 0 Å². The molecule has 0 aromatic heterocycles. The van der Waals surface area contributed by atoms with Crippen LogP contribution in [-0.2, 0) is 9.53 Å². The average molecular weight is 357 g/mol. The molecule has 0 aromatic carbocycles. The third-order valence-electron chi connectivity index (χ3n) is 8.78. The maximum absolute atomic E-state index is 11.3. The first-order chi connectivity index (χ1) is 12.2. The zero-order valence-corrected chi connectivity index (χ0v) is 16.4. The van der Waals surface area contributed by atoms with Crippen LogP contribution >= 0.6 is 0 Å². The number of hydrogen-bond donors (Lipinski definition) is 1. The lowest BCUT2D eigenvalue weighted by molar-refractivity contribution is -0.149. The van der Waals surface area contributed by atoms with E-state index in [1.165, 1.54) is 12.5 Å². The summed E-state index contributed by atoms with van der Waals surface area (Å²) in [5.41, 5.74) is 0.655. The van der Waals surface area contributed by atoms with E-state index in [0.29, 0.717) is 17.8 Å². The molecule has 0 spiro atoms. The van der Waals surface area contributed by atoms with Crippen molar-refractivity contribution >= 4 is 5.97 Å². The predicted octanol–water partition coefficient (Wildman–Crippen LogP) is 4.25. The van der Waals surface area contributed by atoms with E-state index in [2.05, 4.69) is 25.8 Å². The molecule has 0 radical (unpaired) electrons. The van der Waals surface area contributed by atoms with E-state index in [0.717, 1.165) is 51.4 Å². The molecule has 3 heteroatoms. The van der Waals surface area contributed by atoms with Crippen molar-refractivity contribution in [2.45, 2.75) is 83.8 Å². The van der Waals surface area contributed by atoms with Crippen LogP contribution in [0.15, 0.2) is 11.6 Å². The number of aliphatic hydroxyl groups is 1. The second-order valence-electron chi connectivity index (χ2n) is 9.73. The summed E-state index contributed by atoms with van der Waals surface area (Å²) < 4.78 is 5.51. The lowest BCUT2D eigenvalue weighted by atomic mass is 9.47. The molecule has 0 saturated heterocycles. The van der Waals surface area contributed by atoms with Gasteiger partial charge in [-0.15, -0.1) is 6.42 Å². The Morgan fingerprint density at radius 2 is 1.96 bits per heavy atom. The normalized spacial score (nSPS) is 49.9. The Hall–Kier alpha value is -1.27. The van der Waals surface area contributed by atoms with Gasteiger partial charge in [-0.3, -0.25) is 4.79 Å². The molecule has 1 N–H and O–H groups in total. The van der Waals surface area contributed by atoms with Crippen molar-refractivity contribution < 1.29 is 14.6 Å². The van der Waals surface area contributed by atoms with E-state index in [-0.39, 0.29) is 22.9 Å². The lowest BCUT2D eigenvalue weighted by Crippen LogP contribution is -2.54. The van der Waals surface area contributed by atoms with Crippen LogP contribution in [0.3, 0.4) is 0 Å². The van der Waals surface area contributed by atoms with Gasteiger partial charge in [-0.05, 0) is 68.1 Å². The number of rotatable bonds is 1. The van der Waals surface area contributed by atoms with E-state index in [4.69, 9.17) is 11.2 Å². The van der Waals surface area contributed by atoms with Crippen LogP contribution in [0.2, 0.25) is 0 Å². The minimum Gasteiger partial charge on any atom is -0.462 e. The summed E-state index contributed by atoms with van der Waals surface area (Å²) >= 11 is 0. The monoisotopic (exact) mass is 356 g/mol. The van der Waals surface area contributed by atoms with Crippen LogP contribution in [0.5, 0.6) is 0 Å². The fraction of sp³-hybridized carbons (Fsp3) is 0.783. The highest BCUT2D eigenvalue weighted by Crippen LogP contribution is 2.67. The summed E-state index contributed by atoms with van der Waals surface area (Å²) in [7, 11) is 0. The Kier molecular flexibility index (Phi) is 4.08. The smallest absolute Gasteiger partial charge is 0.302 e. The highest BCUT2D eigenvalue weighted by molar-refractivity contribution is 5.66. The van der Waals surface area contributed by atoms with Gasteiger partial charge >= 0.3 is 5.97 Å². The molecular formula is C23H32O3. The molecule has 142 valence electrons. The summed E-state index contributed by atoms with van der Waals surface area (Å²) in [6.45, 7) is 6.18. The van der Waals surface area contributed by atoms with E-state index in [1.807, 2.05) is 0 Å². The molecule has 4 aliphatic rings. The standard InChI is InChI=1S/C23H32O3/c1-5-23(25)13-10-20-18-7-6-16-14-17(26-15(2)24)8-11-21(16,3)19(18)9-12-22(20,23)4/h1,6,17-20,25H,7-14H2,2-4H3/t17-,18-,19-,20-,21+,22-,23+/m1/s1. The first kappa shape index (κ1) is 18.1. The Morgan fingerprint density at radius 3 is 2.65 bits per heavy atom. The van der Waals surface area contributed by atoms with Gasteiger partial charge in [0.25, 0.3) is 0 Å². The average Bonchev–Trinajstić information content (AvgIpc) is 2.87. The Morgan fingerprint density at radius 1 is 1.23 bits per heavy atom. The van der Waals surface area contributed by atoms with Crippen LogP contribution in [0.1, 0.15) is 72.1 Å². The third kappa shape index (κ3) is 2.34. The van der Waals surface area contributed by atoms with Gasteiger partial charge in [0.1, 0.15) is 11.7 Å². The molecule has 3 saturated carbocycles. The predicted molar refractivity (Wildman–Crippen MR) is 101 cm³/mol. The number of esters is 1. The van der Waals surface area contributed by atoms with Gasteiger partial charge in [-0.2, -0.15) is 0 Å². The summed E-state index contributed by atoms with van der Waals surface area (Å²) in [6, 6.07) is 0. The largest absolute Gasteiger partial charge is 0.462 e. The molecular weight excluding hydrogens is 324 g/mol. The third-order valence-corrected chi connectivity index (χ3v) is 8.78. The molecule has 0 heterocycles. The minimum absolute atomic E-state index is 0.0512. The molecule has 0 bridgehead atoms. The number of carbonyl (C=O) groups is 1. The second kappa shape index (κ2) is 5.86. The number of carbonyl (C=O) groups excluding carboxylic acids is 1. The molecule has 7 atom stereocenters. The zero-order valence-electron chi connectivity index (χ0n) is 16.4. The van der Waals surface area contributed by atoms with E-state index in [9.17, 15) is 9.90 Å². The van der Waals surface area contributed by atoms with Crippen molar-refractivity contribution in [3.05, 3.63) is 11.6 Å². The van der Waals surface area contributed by atoms with Crippen molar-refractivity contribution in [1.82, 2.24) is 0 Å². The fourth-order valence-corrected chi connectivity index (χ4v) is 7.22. The van der Waals surface area contributed by atoms with Crippen LogP contribution in [-0.4, -0.2) is 22.8 Å². The highest BCUT2D eigenvalue weighted by Gasteiger charge is 2.63. The van der Waals surface area contributed by atoms with Crippen molar-refractivity contribution in [3.8, 4) is 12.3 Å². The first-order valence-electron chi connectivity index (χ1n) is 10.3. The SMILES string of the molecule is C#C[C@]1(O)CC[C@@H]2[C@@H]3CC=C4C[C@H](OC(C)=O)CC[C@]4(C)[C@@H]3CC[C@]21C. The molecule has 0 aliphatic heterocycles. The molecule has 0 amide bonds. The maximum atomic E-state index is 11.3. The maximum Gasteiger partial charge on any atom is 0.302 e. The van der Waals surface area contributed by atoms with Gasteiger partial charge in [0, 0.05) is 18.8 Å². The number of ether oxygens (including phenoxy) is 1. The van der Waals surface area contributed by atoms with Gasteiger partial charge < -0.3 is 9.84 Å². The van der Waals surface area contributed by atoms with Crippen molar-refractivity contribution in [2.24, 2.45) is 28.6 Å². The van der Waals surface area contributed by atoms with Gasteiger partial charge in [-0.1, -0.05) is 31.4 Å². The van der Waals surface area contributed by atoms with Gasteiger partial charge in [-0.25, -0.2) is 0 Å². The summed E-state index contributed by atoms with van der Waals surface area (Å²) in [5.74, 6) is 4.39.